The molecule has 0 aromatic carbocycles. The molecule has 0 spiro atoms. The van der Waals surface area contributed by atoms with Crippen molar-refractivity contribution in [1.82, 2.24) is 0 Å². The van der Waals surface area contributed by atoms with Crippen LogP contribution in [-0.2, 0) is 0 Å². The zero-order chi connectivity index (χ0) is 14.3. The second-order valence-electron chi connectivity index (χ2n) is 5.75. The van der Waals surface area contributed by atoms with E-state index in [1.807, 2.05) is 13.0 Å². The van der Waals surface area contributed by atoms with Crippen LogP contribution in [0.15, 0.2) is 12.2 Å². The topological polar surface area (TPSA) is 46.2 Å². The summed E-state index contributed by atoms with van der Waals surface area (Å²) in [7, 11) is 0. The Labute approximate surface area is 120 Å². The van der Waals surface area contributed by atoms with E-state index in [4.69, 9.17) is 5.73 Å². The number of hydrogen-bond donors (Lipinski definition) is 2. The zero-order valence-electron chi connectivity index (χ0n) is 13.1. The molecule has 0 aliphatic carbocycles. The van der Waals surface area contributed by atoms with Crippen LogP contribution in [0.5, 0.6) is 0 Å². The summed E-state index contributed by atoms with van der Waals surface area (Å²) in [4.78, 5) is 0. The van der Waals surface area contributed by atoms with E-state index in [1.54, 1.807) is 0 Å². The molecular formula is C17H35NO. The fourth-order valence-electron chi connectivity index (χ4n) is 2.16. The molecule has 0 radical (unpaired) electrons. The molecule has 0 saturated carbocycles. The predicted molar refractivity (Wildman–Crippen MR) is 85.3 cm³/mol. The van der Waals surface area contributed by atoms with Gasteiger partial charge in [-0.15, -0.1) is 0 Å². The number of unbranched alkanes of at least 4 members (excludes halogenated alkanes) is 10. The lowest BCUT2D eigenvalue weighted by Crippen LogP contribution is -2.29. The van der Waals surface area contributed by atoms with Gasteiger partial charge in [-0.05, 0) is 19.8 Å². The van der Waals surface area contributed by atoms with Gasteiger partial charge in [0, 0.05) is 6.04 Å². The number of allylic oxidation sites excluding steroid dienone is 1. The Morgan fingerprint density at radius 3 is 1.84 bits per heavy atom. The fourth-order valence-corrected chi connectivity index (χ4v) is 2.16. The van der Waals surface area contributed by atoms with Gasteiger partial charge in [-0.25, -0.2) is 0 Å². The van der Waals surface area contributed by atoms with Crippen LogP contribution in [-0.4, -0.2) is 17.3 Å². The highest BCUT2D eigenvalue weighted by atomic mass is 16.3. The monoisotopic (exact) mass is 269 g/mol. The quantitative estimate of drug-likeness (QED) is 0.380. The first kappa shape index (κ1) is 18.7. The zero-order valence-corrected chi connectivity index (χ0v) is 13.1. The maximum atomic E-state index is 9.48. The second kappa shape index (κ2) is 14.1. The van der Waals surface area contributed by atoms with Gasteiger partial charge in [0.25, 0.3) is 0 Å². The predicted octanol–water partition coefficient (Wildman–Crippen LogP) is 4.56. The fraction of sp³-hybridized carbons (Fsp3) is 0.882. The molecule has 0 fully saturated rings. The van der Waals surface area contributed by atoms with Crippen LogP contribution in [0.3, 0.4) is 0 Å². The minimum atomic E-state index is -0.483. The van der Waals surface area contributed by atoms with Crippen LogP contribution >= 0.6 is 0 Å². The molecule has 114 valence electrons. The number of hydrogen-bond acceptors (Lipinski definition) is 2. The average molecular weight is 269 g/mol. The summed E-state index contributed by atoms with van der Waals surface area (Å²) in [5.41, 5.74) is 5.57. The van der Waals surface area contributed by atoms with Crippen molar-refractivity contribution in [3.05, 3.63) is 12.2 Å². The van der Waals surface area contributed by atoms with E-state index in [9.17, 15) is 5.11 Å². The molecule has 2 atom stereocenters. The van der Waals surface area contributed by atoms with Gasteiger partial charge in [0.1, 0.15) is 0 Å². The van der Waals surface area contributed by atoms with Gasteiger partial charge in [-0.2, -0.15) is 0 Å². The van der Waals surface area contributed by atoms with E-state index in [0.29, 0.717) is 0 Å². The largest absolute Gasteiger partial charge is 0.387 e. The summed E-state index contributed by atoms with van der Waals surface area (Å²) < 4.78 is 0. The summed E-state index contributed by atoms with van der Waals surface area (Å²) in [6, 6.07) is -0.163. The van der Waals surface area contributed by atoms with E-state index in [1.165, 1.54) is 64.2 Å². The van der Waals surface area contributed by atoms with Crippen molar-refractivity contribution in [3.8, 4) is 0 Å². The molecule has 0 amide bonds. The van der Waals surface area contributed by atoms with Crippen LogP contribution in [0.4, 0.5) is 0 Å². The van der Waals surface area contributed by atoms with Crippen molar-refractivity contribution in [1.29, 1.82) is 0 Å². The van der Waals surface area contributed by atoms with E-state index < -0.39 is 6.10 Å². The Bertz CT molecular complexity index is 201. The maximum absolute atomic E-state index is 9.48. The number of aliphatic hydroxyl groups is 1. The highest BCUT2D eigenvalue weighted by molar-refractivity contribution is 4.92. The smallest absolute Gasteiger partial charge is 0.0869 e. The molecule has 0 aromatic heterocycles. The summed E-state index contributed by atoms with van der Waals surface area (Å²) in [6.45, 7) is 4.09. The molecular weight excluding hydrogens is 234 g/mol. The normalized spacial score (nSPS) is 14.9. The van der Waals surface area contributed by atoms with Crippen molar-refractivity contribution in [2.24, 2.45) is 5.73 Å². The highest BCUT2D eigenvalue weighted by Gasteiger charge is 2.02. The Kier molecular flexibility index (Phi) is 13.8. The van der Waals surface area contributed by atoms with Gasteiger partial charge in [-0.1, -0.05) is 76.9 Å². The van der Waals surface area contributed by atoms with Crippen molar-refractivity contribution in [2.75, 3.05) is 0 Å². The van der Waals surface area contributed by atoms with Crippen molar-refractivity contribution >= 4 is 0 Å². The van der Waals surface area contributed by atoms with Gasteiger partial charge >= 0.3 is 0 Å². The van der Waals surface area contributed by atoms with Crippen LogP contribution < -0.4 is 5.73 Å². The third kappa shape index (κ3) is 13.9. The van der Waals surface area contributed by atoms with Crippen molar-refractivity contribution in [2.45, 2.75) is 96.6 Å². The lowest BCUT2D eigenvalue weighted by atomic mass is 10.1. The summed E-state index contributed by atoms with van der Waals surface area (Å²) in [6.07, 6.45) is 18.2. The molecule has 0 heterocycles. The lowest BCUT2D eigenvalue weighted by molar-refractivity contribution is 0.198. The molecule has 19 heavy (non-hydrogen) atoms. The average Bonchev–Trinajstić information content (AvgIpc) is 2.39. The Balaban J connectivity index is 3.15. The standard InChI is InChI=1S/C17H35NO/c1-3-4-5-6-7-8-9-10-11-12-13-14-15-17(19)16(2)18/h14-17,19H,3-13,18H2,1-2H3/b15-14+/t16-,17+/m1/s1. The summed E-state index contributed by atoms with van der Waals surface area (Å²) in [5, 5.41) is 9.48. The molecule has 0 saturated heterocycles. The van der Waals surface area contributed by atoms with Gasteiger partial charge in [0.05, 0.1) is 6.10 Å². The molecule has 0 rings (SSSR count). The van der Waals surface area contributed by atoms with Gasteiger partial charge < -0.3 is 10.8 Å². The van der Waals surface area contributed by atoms with Crippen molar-refractivity contribution < 1.29 is 5.11 Å². The lowest BCUT2D eigenvalue weighted by Gasteiger charge is -2.08. The number of aliphatic hydroxyl groups excluding tert-OH is 1. The molecule has 2 heteroatoms. The third-order valence-electron chi connectivity index (χ3n) is 3.60. The third-order valence-corrected chi connectivity index (χ3v) is 3.60. The highest BCUT2D eigenvalue weighted by Crippen LogP contribution is 2.11. The molecule has 2 nitrogen and oxygen atoms in total. The maximum Gasteiger partial charge on any atom is 0.0869 e. The molecule has 0 unspecified atom stereocenters. The SMILES string of the molecule is CCCCCCCCCCCC/C=C/[C@H](O)[C@@H](C)N. The first-order valence-corrected chi connectivity index (χ1v) is 8.28. The molecule has 0 aliphatic rings. The number of rotatable bonds is 13. The molecule has 3 N–H and O–H groups in total. The van der Waals surface area contributed by atoms with Crippen LogP contribution in [0.2, 0.25) is 0 Å². The molecule has 0 aromatic rings. The van der Waals surface area contributed by atoms with Crippen LogP contribution in [0.1, 0.15) is 84.5 Å². The van der Waals surface area contributed by atoms with Crippen LogP contribution in [0, 0.1) is 0 Å². The van der Waals surface area contributed by atoms with Crippen molar-refractivity contribution in [3.63, 3.8) is 0 Å². The van der Waals surface area contributed by atoms with E-state index in [2.05, 4.69) is 13.0 Å². The minimum absolute atomic E-state index is 0.163. The minimum Gasteiger partial charge on any atom is -0.387 e. The number of nitrogens with two attached hydrogens (primary N) is 1. The van der Waals surface area contributed by atoms with E-state index >= 15 is 0 Å². The Morgan fingerprint density at radius 1 is 0.895 bits per heavy atom. The van der Waals surface area contributed by atoms with E-state index in [0.717, 1.165) is 6.42 Å². The summed E-state index contributed by atoms with van der Waals surface area (Å²) in [5.74, 6) is 0. The first-order chi connectivity index (χ1) is 9.18. The summed E-state index contributed by atoms with van der Waals surface area (Å²) >= 11 is 0. The Hall–Kier alpha value is -0.340. The first-order valence-electron chi connectivity index (χ1n) is 8.28. The van der Waals surface area contributed by atoms with Gasteiger partial charge in [0.15, 0.2) is 0 Å². The molecule has 0 aliphatic heterocycles. The Morgan fingerprint density at radius 2 is 1.37 bits per heavy atom. The second-order valence-corrected chi connectivity index (χ2v) is 5.75. The van der Waals surface area contributed by atoms with Gasteiger partial charge in [0.2, 0.25) is 0 Å². The van der Waals surface area contributed by atoms with Gasteiger partial charge in [-0.3, -0.25) is 0 Å². The van der Waals surface area contributed by atoms with E-state index in [-0.39, 0.29) is 6.04 Å². The van der Waals surface area contributed by atoms with Crippen LogP contribution in [0.25, 0.3) is 0 Å². The molecule has 0 bridgehead atoms.